The number of aromatic nitrogens is 2. The number of carbonyl (C=O) groups excluding carboxylic acids is 1. The molecule has 0 atom stereocenters. The van der Waals surface area contributed by atoms with E-state index < -0.39 is 0 Å². The van der Waals surface area contributed by atoms with Crippen molar-refractivity contribution in [3.8, 4) is 11.5 Å². The Morgan fingerprint density at radius 3 is 2.93 bits per heavy atom. The number of carbonyl (C=O) groups is 1. The lowest BCUT2D eigenvalue weighted by Crippen LogP contribution is -2.23. The molecule has 0 saturated carbocycles. The highest BCUT2D eigenvalue weighted by molar-refractivity contribution is 7.73. The second kappa shape index (κ2) is 6.87. The molecule has 0 radical (unpaired) electrons. The van der Waals surface area contributed by atoms with Crippen LogP contribution in [0.5, 0.6) is 11.5 Å². The van der Waals surface area contributed by atoms with Crippen LogP contribution >= 0.6 is 35.2 Å². The first kappa shape index (κ1) is 18.2. The van der Waals surface area contributed by atoms with Gasteiger partial charge in [0, 0.05) is 11.6 Å². The number of nitrogens with one attached hydrogen (secondary N) is 2. The van der Waals surface area contributed by atoms with E-state index in [0.717, 1.165) is 16.9 Å². The summed E-state index contributed by atoms with van der Waals surface area (Å²) in [5.41, 5.74) is 1.46. The van der Waals surface area contributed by atoms with E-state index in [-0.39, 0.29) is 24.8 Å². The van der Waals surface area contributed by atoms with Crippen molar-refractivity contribution in [3.05, 3.63) is 66.2 Å². The van der Waals surface area contributed by atoms with Gasteiger partial charge in [0.1, 0.15) is 10.5 Å². The first-order chi connectivity index (χ1) is 14.0. The standard InChI is InChI=1S/C19H12ClN3O4S2/c20-10-2-3-11-12(6-10)23-16(22-17(11)24)15(29-19(23)28)18(25)21-7-9-1-4-13-14(5-9)27-8-26-13/h1-6H,7-8H2,(H,21,25)(H,22,24). The number of benzene rings is 2. The van der Waals surface area contributed by atoms with Gasteiger partial charge in [-0.1, -0.05) is 29.0 Å². The summed E-state index contributed by atoms with van der Waals surface area (Å²) < 4.78 is 12.7. The third-order valence-electron chi connectivity index (χ3n) is 4.58. The van der Waals surface area contributed by atoms with Crippen LogP contribution in [0.15, 0.2) is 41.2 Å². The molecule has 0 spiro atoms. The van der Waals surface area contributed by atoms with Gasteiger partial charge in [0.25, 0.3) is 11.5 Å². The normalized spacial score (nSPS) is 12.6. The van der Waals surface area contributed by atoms with Crippen LogP contribution in [0.1, 0.15) is 15.2 Å². The van der Waals surface area contributed by atoms with Crippen LogP contribution in [0.2, 0.25) is 5.02 Å². The number of rotatable bonds is 3. The minimum atomic E-state index is -0.335. The first-order valence-electron chi connectivity index (χ1n) is 8.55. The van der Waals surface area contributed by atoms with Gasteiger partial charge in [-0.15, -0.1) is 0 Å². The molecule has 0 saturated heterocycles. The number of ether oxygens (including phenoxy) is 2. The number of H-pyrrole nitrogens is 1. The van der Waals surface area contributed by atoms with Gasteiger partial charge < -0.3 is 19.8 Å². The van der Waals surface area contributed by atoms with E-state index in [1.807, 2.05) is 12.1 Å². The van der Waals surface area contributed by atoms with E-state index >= 15 is 0 Å². The van der Waals surface area contributed by atoms with E-state index in [2.05, 4.69) is 10.3 Å². The lowest BCUT2D eigenvalue weighted by molar-refractivity contribution is 0.0956. The molecule has 5 rings (SSSR count). The van der Waals surface area contributed by atoms with E-state index in [9.17, 15) is 9.59 Å². The van der Waals surface area contributed by atoms with Crippen molar-refractivity contribution in [3.63, 3.8) is 0 Å². The van der Waals surface area contributed by atoms with Gasteiger partial charge >= 0.3 is 0 Å². The van der Waals surface area contributed by atoms with E-state index in [4.69, 9.17) is 33.3 Å². The minimum absolute atomic E-state index is 0.191. The van der Waals surface area contributed by atoms with Gasteiger partial charge in [-0.25, -0.2) is 0 Å². The molecule has 10 heteroatoms. The second-order valence-corrected chi connectivity index (χ2v) is 8.45. The van der Waals surface area contributed by atoms with Gasteiger partial charge in [0.15, 0.2) is 15.5 Å². The summed E-state index contributed by atoms with van der Waals surface area (Å²) in [5.74, 6) is 0.993. The van der Waals surface area contributed by atoms with E-state index in [1.165, 1.54) is 0 Å². The third kappa shape index (κ3) is 3.07. The largest absolute Gasteiger partial charge is 0.454 e. The quantitative estimate of drug-likeness (QED) is 0.467. The molecule has 146 valence electrons. The number of halogens is 1. The minimum Gasteiger partial charge on any atom is -0.454 e. The molecule has 2 aromatic carbocycles. The number of aromatic amines is 1. The molecule has 0 fully saturated rings. The zero-order chi connectivity index (χ0) is 20.1. The number of amides is 1. The van der Waals surface area contributed by atoms with Crippen molar-refractivity contribution >= 4 is 57.6 Å². The maximum absolute atomic E-state index is 12.8. The highest BCUT2D eigenvalue weighted by Crippen LogP contribution is 2.32. The fraction of sp³-hybridized carbons (Fsp3) is 0.105. The molecule has 0 bridgehead atoms. The fourth-order valence-electron chi connectivity index (χ4n) is 3.23. The number of hydrogen-bond acceptors (Lipinski definition) is 6. The van der Waals surface area contributed by atoms with Crippen molar-refractivity contribution in [1.82, 2.24) is 14.7 Å². The molecule has 7 nitrogen and oxygen atoms in total. The third-order valence-corrected chi connectivity index (χ3v) is 6.19. The lowest BCUT2D eigenvalue weighted by atomic mass is 10.2. The molecular weight excluding hydrogens is 434 g/mol. The molecule has 0 aliphatic carbocycles. The van der Waals surface area contributed by atoms with Crippen LogP contribution in [0.25, 0.3) is 16.6 Å². The predicted octanol–water partition coefficient (Wildman–Crippen LogP) is 3.88. The zero-order valence-corrected chi connectivity index (χ0v) is 17.0. The van der Waals surface area contributed by atoms with Crippen molar-refractivity contribution in [1.29, 1.82) is 0 Å². The van der Waals surface area contributed by atoms with Crippen LogP contribution in [0.3, 0.4) is 0 Å². The molecule has 4 aromatic rings. The van der Waals surface area contributed by atoms with Crippen LogP contribution in [-0.2, 0) is 6.54 Å². The highest BCUT2D eigenvalue weighted by atomic mass is 35.5. The van der Waals surface area contributed by atoms with Gasteiger partial charge in [0.2, 0.25) is 6.79 Å². The maximum Gasteiger partial charge on any atom is 0.265 e. The molecule has 2 aromatic heterocycles. The number of hydrogen-bond donors (Lipinski definition) is 2. The maximum atomic E-state index is 12.8. The molecule has 1 amide bonds. The van der Waals surface area contributed by atoms with Crippen LogP contribution < -0.4 is 20.3 Å². The Morgan fingerprint density at radius 2 is 2.07 bits per heavy atom. The Kier molecular flexibility index (Phi) is 4.30. The SMILES string of the molecule is O=C(NCc1ccc2c(c1)OCO2)c1sc(=S)n2c1[nH]c(=O)c1ccc(Cl)cc12. The zero-order valence-electron chi connectivity index (χ0n) is 14.7. The smallest absolute Gasteiger partial charge is 0.265 e. The number of nitrogens with zero attached hydrogens (tertiary/aromatic N) is 1. The van der Waals surface area contributed by atoms with Crippen LogP contribution in [0.4, 0.5) is 0 Å². The highest BCUT2D eigenvalue weighted by Gasteiger charge is 2.19. The summed E-state index contributed by atoms with van der Waals surface area (Å²) in [5, 5.41) is 3.78. The van der Waals surface area contributed by atoms with E-state index in [1.54, 1.807) is 28.7 Å². The fourth-order valence-corrected chi connectivity index (χ4v) is 4.70. The summed E-state index contributed by atoms with van der Waals surface area (Å²) in [6.45, 7) is 0.479. The Bertz CT molecular complexity index is 1420. The van der Waals surface area contributed by atoms with Gasteiger partial charge in [-0.2, -0.15) is 0 Å². The van der Waals surface area contributed by atoms with Gasteiger partial charge in [-0.05, 0) is 48.1 Å². The first-order valence-corrected chi connectivity index (χ1v) is 10.2. The number of fused-ring (bicyclic) bond motifs is 4. The van der Waals surface area contributed by atoms with Crippen LogP contribution in [0, 0.1) is 3.95 Å². The van der Waals surface area contributed by atoms with Crippen molar-refractivity contribution in [2.24, 2.45) is 0 Å². The van der Waals surface area contributed by atoms with Crippen LogP contribution in [-0.4, -0.2) is 22.1 Å². The van der Waals surface area contributed by atoms with Crippen molar-refractivity contribution in [2.75, 3.05) is 6.79 Å². The summed E-state index contributed by atoms with van der Waals surface area (Å²) in [4.78, 5) is 28.4. The molecule has 2 N–H and O–H groups in total. The molecule has 3 heterocycles. The topological polar surface area (TPSA) is 84.8 Å². The Balaban J connectivity index is 1.51. The Hall–Kier alpha value is -2.88. The summed E-state index contributed by atoms with van der Waals surface area (Å²) >= 11 is 12.7. The summed E-state index contributed by atoms with van der Waals surface area (Å²) in [6, 6.07) is 10.4. The average Bonchev–Trinajstić information content (AvgIpc) is 3.30. The monoisotopic (exact) mass is 445 g/mol. The molecular formula is C19H12ClN3O4S2. The predicted molar refractivity (Wildman–Crippen MR) is 113 cm³/mol. The van der Waals surface area contributed by atoms with Crippen molar-refractivity contribution in [2.45, 2.75) is 6.54 Å². The van der Waals surface area contributed by atoms with Gasteiger partial charge in [0.05, 0.1) is 10.9 Å². The van der Waals surface area contributed by atoms with Gasteiger partial charge in [-0.3, -0.25) is 14.0 Å². The molecule has 1 aliphatic heterocycles. The molecule has 1 aliphatic rings. The summed E-state index contributed by atoms with van der Waals surface area (Å²) in [6.07, 6.45) is 0. The Morgan fingerprint density at radius 1 is 1.24 bits per heavy atom. The second-order valence-electron chi connectivity index (χ2n) is 6.37. The number of thiazole rings is 1. The molecule has 29 heavy (non-hydrogen) atoms. The lowest BCUT2D eigenvalue weighted by Gasteiger charge is -2.06. The Labute approximate surface area is 177 Å². The summed E-state index contributed by atoms with van der Waals surface area (Å²) in [7, 11) is 0. The van der Waals surface area contributed by atoms with E-state index in [0.29, 0.717) is 41.9 Å². The average molecular weight is 446 g/mol. The van der Waals surface area contributed by atoms with Crippen molar-refractivity contribution < 1.29 is 14.3 Å². The molecule has 0 unspecified atom stereocenters.